The zero-order valence-corrected chi connectivity index (χ0v) is 11.5. The lowest BCUT2D eigenvalue weighted by atomic mass is 10.1. The first-order valence-corrected chi connectivity index (χ1v) is 6.19. The number of aliphatic carboxylic acids is 2. The van der Waals surface area contributed by atoms with E-state index in [0.29, 0.717) is 5.02 Å². The van der Waals surface area contributed by atoms with Gasteiger partial charge in [0, 0.05) is 16.0 Å². The van der Waals surface area contributed by atoms with E-state index >= 15 is 0 Å². The van der Waals surface area contributed by atoms with Crippen LogP contribution in [0.5, 0.6) is 0 Å². The smallest absolute Gasteiger partial charge is 0.321 e. The summed E-state index contributed by atoms with van der Waals surface area (Å²) in [5.41, 5.74) is 0.802. The highest BCUT2D eigenvalue weighted by atomic mass is 79.9. The number of halogens is 2. The van der Waals surface area contributed by atoms with Gasteiger partial charge in [-0.15, -0.1) is 0 Å². The fraction of sp³-hybridized carbons (Fsp3) is 0.273. The van der Waals surface area contributed by atoms with Crippen LogP contribution in [0.1, 0.15) is 12.0 Å². The Labute approximate surface area is 117 Å². The molecule has 7 heteroatoms. The van der Waals surface area contributed by atoms with Gasteiger partial charge in [0.15, 0.2) is 0 Å². The molecule has 0 aliphatic heterocycles. The zero-order valence-electron chi connectivity index (χ0n) is 9.19. The fourth-order valence-electron chi connectivity index (χ4n) is 1.32. The summed E-state index contributed by atoms with van der Waals surface area (Å²) in [7, 11) is 0. The molecular weight excluding hydrogens is 325 g/mol. The van der Waals surface area contributed by atoms with Gasteiger partial charge in [-0.3, -0.25) is 14.9 Å². The Balaban J connectivity index is 2.66. The van der Waals surface area contributed by atoms with Crippen molar-refractivity contribution in [2.24, 2.45) is 0 Å². The lowest BCUT2D eigenvalue weighted by Crippen LogP contribution is -2.38. The molecule has 0 aliphatic carbocycles. The van der Waals surface area contributed by atoms with Gasteiger partial charge >= 0.3 is 11.9 Å². The number of carboxylic acid groups (broad SMARTS) is 2. The van der Waals surface area contributed by atoms with E-state index in [4.69, 9.17) is 21.8 Å². The van der Waals surface area contributed by atoms with Crippen LogP contribution in [-0.4, -0.2) is 28.2 Å². The number of hydrogen-bond donors (Lipinski definition) is 3. The van der Waals surface area contributed by atoms with Crippen LogP contribution in [0.4, 0.5) is 0 Å². The average Bonchev–Trinajstić information content (AvgIpc) is 2.25. The number of hydrogen-bond acceptors (Lipinski definition) is 3. The topological polar surface area (TPSA) is 86.6 Å². The molecule has 18 heavy (non-hydrogen) atoms. The van der Waals surface area contributed by atoms with Crippen molar-refractivity contribution >= 4 is 39.5 Å². The summed E-state index contributed by atoms with van der Waals surface area (Å²) in [6.07, 6.45) is -0.472. The minimum Gasteiger partial charge on any atom is -0.481 e. The van der Waals surface area contributed by atoms with Gasteiger partial charge in [0.25, 0.3) is 0 Å². The van der Waals surface area contributed by atoms with Crippen LogP contribution in [0.25, 0.3) is 0 Å². The van der Waals surface area contributed by atoms with Crippen LogP contribution in [0.15, 0.2) is 22.7 Å². The second kappa shape index (κ2) is 6.72. The maximum absolute atomic E-state index is 10.8. The van der Waals surface area contributed by atoms with E-state index in [2.05, 4.69) is 21.2 Å². The summed E-state index contributed by atoms with van der Waals surface area (Å²) in [6.45, 7) is 0.238. The molecule has 1 aromatic rings. The second-order valence-electron chi connectivity index (χ2n) is 3.61. The number of carbonyl (C=O) groups is 2. The summed E-state index contributed by atoms with van der Waals surface area (Å²) >= 11 is 9.07. The van der Waals surface area contributed by atoms with Gasteiger partial charge in [-0.2, -0.15) is 0 Å². The van der Waals surface area contributed by atoms with Crippen LogP contribution in [0.2, 0.25) is 5.02 Å². The third-order valence-electron chi connectivity index (χ3n) is 2.23. The van der Waals surface area contributed by atoms with Crippen molar-refractivity contribution in [2.45, 2.75) is 19.0 Å². The molecule has 0 aliphatic rings. The highest BCUT2D eigenvalue weighted by Gasteiger charge is 2.20. The minimum absolute atomic E-state index is 0.238. The predicted octanol–water partition coefficient (Wildman–Crippen LogP) is 2.12. The van der Waals surface area contributed by atoms with Gasteiger partial charge in [0.2, 0.25) is 0 Å². The van der Waals surface area contributed by atoms with Crippen molar-refractivity contribution in [2.75, 3.05) is 0 Å². The van der Waals surface area contributed by atoms with Crippen molar-refractivity contribution < 1.29 is 19.8 Å². The van der Waals surface area contributed by atoms with E-state index in [1.807, 2.05) is 0 Å². The second-order valence-corrected chi connectivity index (χ2v) is 4.90. The molecule has 0 spiro atoms. The third-order valence-corrected chi connectivity index (χ3v) is 3.20. The summed E-state index contributed by atoms with van der Waals surface area (Å²) in [4.78, 5) is 21.3. The van der Waals surface area contributed by atoms with Crippen molar-refractivity contribution in [1.29, 1.82) is 0 Å². The van der Waals surface area contributed by atoms with Crippen LogP contribution in [0, 0.1) is 0 Å². The molecular formula is C11H11BrClNO4. The first-order valence-electron chi connectivity index (χ1n) is 5.02. The van der Waals surface area contributed by atoms with Crippen molar-refractivity contribution in [3.8, 4) is 0 Å². The first kappa shape index (κ1) is 14.9. The maximum Gasteiger partial charge on any atom is 0.321 e. The van der Waals surface area contributed by atoms with Crippen LogP contribution in [0.3, 0.4) is 0 Å². The lowest BCUT2D eigenvalue weighted by molar-refractivity contribution is -0.146. The number of nitrogens with one attached hydrogen (secondary N) is 1. The zero-order chi connectivity index (χ0) is 13.7. The van der Waals surface area contributed by atoms with E-state index in [9.17, 15) is 9.59 Å². The molecule has 5 nitrogen and oxygen atoms in total. The Morgan fingerprint density at radius 1 is 1.39 bits per heavy atom. The lowest BCUT2D eigenvalue weighted by Gasteiger charge is -2.13. The summed E-state index contributed by atoms with van der Waals surface area (Å²) in [6, 6.07) is 3.98. The van der Waals surface area contributed by atoms with Crippen LogP contribution < -0.4 is 5.32 Å². The molecule has 0 fully saturated rings. The summed E-state index contributed by atoms with van der Waals surface area (Å²) in [5, 5.41) is 20.7. The van der Waals surface area contributed by atoms with Crippen LogP contribution in [-0.2, 0) is 16.1 Å². The number of benzene rings is 1. The predicted molar refractivity (Wildman–Crippen MR) is 69.7 cm³/mol. The van der Waals surface area contributed by atoms with Crippen molar-refractivity contribution in [3.63, 3.8) is 0 Å². The number of carboxylic acids is 2. The Hall–Kier alpha value is -1.11. The first-order chi connectivity index (χ1) is 8.40. The summed E-state index contributed by atoms with van der Waals surface area (Å²) < 4.78 is 0.738. The van der Waals surface area contributed by atoms with E-state index in [0.717, 1.165) is 10.0 Å². The Bertz CT molecular complexity index is 466. The Kier molecular flexibility index (Phi) is 5.58. The van der Waals surface area contributed by atoms with Crippen LogP contribution >= 0.6 is 27.5 Å². The Morgan fingerprint density at radius 2 is 2.06 bits per heavy atom. The Morgan fingerprint density at radius 3 is 2.56 bits per heavy atom. The van der Waals surface area contributed by atoms with Gasteiger partial charge in [-0.1, -0.05) is 33.6 Å². The van der Waals surface area contributed by atoms with Gasteiger partial charge in [0.1, 0.15) is 6.04 Å². The average molecular weight is 337 g/mol. The van der Waals surface area contributed by atoms with Gasteiger partial charge < -0.3 is 10.2 Å². The van der Waals surface area contributed by atoms with E-state index in [1.54, 1.807) is 18.2 Å². The van der Waals surface area contributed by atoms with E-state index in [-0.39, 0.29) is 6.54 Å². The third kappa shape index (κ3) is 4.64. The largest absolute Gasteiger partial charge is 0.481 e. The fourth-order valence-corrected chi connectivity index (χ4v) is 2.14. The van der Waals surface area contributed by atoms with Crippen molar-refractivity contribution in [1.82, 2.24) is 5.32 Å². The van der Waals surface area contributed by atoms with Gasteiger partial charge in [-0.05, 0) is 17.7 Å². The quantitative estimate of drug-likeness (QED) is 0.741. The molecule has 0 heterocycles. The highest BCUT2D eigenvalue weighted by molar-refractivity contribution is 9.10. The molecule has 0 saturated carbocycles. The maximum atomic E-state index is 10.8. The molecule has 0 bridgehead atoms. The molecule has 0 aromatic heterocycles. The number of rotatable bonds is 6. The van der Waals surface area contributed by atoms with Crippen molar-refractivity contribution in [3.05, 3.63) is 33.3 Å². The highest BCUT2D eigenvalue weighted by Crippen LogP contribution is 2.21. The SMILES string of the molecule is O=C(O)C[C@@H](NCc1ccc(Cl)cc1Br)C(=O)O. The van der Waals surface area contributed by atoms with Gasteiger partial charge in [0.05, 0.1) is 6.42 Å². The molecule has 0 amide bonds. The minimum atomic E-state index is -1.19. The monoisotopic (exact) mass is 335 g/mol. The normalized spacial score (nSPS) is 12.1. The van der Waals surface area contributed by atoms with E-state index < -0.39 is 24.4 Å². The molecule has 1 atom stereocenters. The molecule has 0 radical (unpaired) electrons. The van der Waals surface area contributed by atoms with E-state index in [1.165, 1.54) is 0 Å². The summed E-state index contributed by atoms with van der Waals surface area (Å²) in [5.74, 6) is -2.35. The molecule has 0 saturated heterocycles. The molecule has 0 unspecified atom stereocenters. The molecule has 3 N–H and O–H groups in total. The molecule has 98 valence electrons. The molecule has 1 aromatic carbocycles. The molecule has 1 rings (SSSR count). The standard InChI is InChI=1S/C11H11BrClNO4/c12-8-3-7(13)2-1-6(8)5-14-9(11(17)18)4-10(15)16/h1-3,9,14H,4-5H2,(H,15,16)(H,17,18)/t9-/m1/s1. The van der Waals surface area contributed by atoms with Gasteiger partial charge in [-0.25, -0.2) is 0 Å².